The monoisotopic (exact) mass is 154 g/mol. The molecule has 11 heavy (non-hydrogen) atoms. The molecular weight excluding hydrogens is 144 g/mol. The fourth-order valence-electron chi connectivity index (χ4n) is 0.871. The van der Waals surface area contributed by atoms with E-state index in [9.17, 15) is 4.79 Å². The molecule has 0 aliphatic carbocycles. The number of H-pyrrole nitrogens is 1. The second-order valence-electron chi connectivity index (χ2n) is 2.10. The Morgan fingerprint density at radius 1 is 1.82 bits per heavy atom. The first kappa shape index (κ1) is 7.65. The van der Waals surface area contributed by atoms with E-state index < -0.39 is 5.97 Å². The number of carboxylic acids is 1. The van der Waals surface area contributed by atoms with Gasteiger partial charge >= 0.3 is 5.97 Å². The molecule has 60 valence electrons. The number of hydrogen-bond donors (Lipinski definition) is 3. The van der Waals surface area contributed by atoms with Crippen molar-refractivity contribution in [2.75, 3.05) is 11.9 Å². The smallest absolute Gasteiger partial charge is 0.339 e. The number of carbonyl (C=O) groups is 1. The Bertz CT molecular complexity index is 255. The standard InChI is InChI=1S/C7H10N2O2/c1-2-8-6-5(7(10)11)3-4-9-6/h3-4,8-9H,2H2,1H3,(H,10,11). The molecule has 0 fully saturated rings. The third-order valence-corrected chi connectivity index (χ3v) is 1.33. The summed E-state index contributed by atoms with van der Waals surface area (Å²) in [4.78, 5) is 13.3. The maximum absolute atomic E-state index is 10.5. The third-order valence-electron chi connectivity index (χ3n) is 1.33. The van der Waals surface area contributed by atoms with E-state index in [-0.39, 0.29) is 5.56 Å². The molecule has 0 aromatic carbocycles. The number of carboxylic acid groups (broad SMARTS) is 1. The highest BCUT2D eigenvalue weighted by Crippen LogP contribution is 2.11. The van der Waals surface area contributed by atoms with Crippen LogP contribution in [0.2, 0.25) is 0 Å². The third kappa shape index (κ3) is 1.52. The van der Waals surface area contributed by atoms with E-state index in [0.717, 1.165) is 0 Å². The lowest BCUT2D eigenvalue weighted by atomic mass is 10.3. The molecule has 1 rings (SSSR count). The minimum Gasteiger partial charge on any atom is -0.478 e. The van der Waals surface area contributed by atoms with Crippen LogP contribution in [0, 0.1) is 0 Å². The Labute approximate surface area is 64.2 Å². The number of nitrogens with one attached hydrogen (secondary N) is 2. The quantitative estimate of drug-likeness (QED) is 0.611. The fourth-order valence-corrected chi connectivity index (χ4v) is 0.871. The molecule has 1 aromatic heterocycles. The fraction of sp³-hybridized carbons (Fsp3) is 0.286. The Hall–Kier alpha value is -1.45. The van der Waals surface area contributed by atoms with Crippen molar-refractivity contribution >= 4 is 11.8 Å². The molecule has 0 unspecified atom stereocenters. The summed E-state index contributed by atoms with van der Waals surface area (Å²) >= 11 is 0. The minimum atomic E-state index is -0.915. The van der Waals surface area contributed by atoms with Crippen LogP contribution in [0.5, 0.6) is 0 Å². The molecule has 0 saturated carbocycles. The van der Waals surface area contributed by atoms with Gasteiger partial charge in [-0.3, -0.25) is 0 Å². The maximum atomic E-state index is 10.5. The van der Waals surface area contributed by atoms with Gasteiger partial charge in [0.05, 0.1) is 0 Å². The van der Waals surface area contributed by atoms with Crippen molar-refractivity contribution in [3.8, 4) is 0 Å². The Morgan fingerprint density at radius 2 is 2.55 bits per heavy atom. The Kier molecular flexibility index (Phi) is 2.15. The molecule has 0 aliphatic heterocycles. The summed E-state index contributed by atoms with van der Waals surface area (Å²) < 4.78 is 0. The average Bonchev–Trinajstić information content (AvgIpc) is 2.36. The Balaban J connectivity index is 2.87. The van der Waals surface area contributed by atoms with Gasteiger partial charge in [-0.25, -0.2) is 4.79 Å². The van der Waals surface area contributed by atoms with Gasteiger partial charge in [0.1, 0.15) is 11.4 Å². The summed E-state index contributed by atoms with van der Waals surface area (Å²) in [6.45, 7) is 2.62. The van der Waals surface area contributed by atoms with Crippen molar-refractivity contribution in [3.63, 3.8) is 0 Å². The Morgan fingerprint density at radius 3 is 3.09 bits per heavy atom. The zero-order valence-electron chi connectivity index (χ0n) is 6.22. The van der Waals surface area contributed by atoms with Crippen LogP contribution < -0.4 is 5.32 Å². The molecule has 1 aromatic rings. The van der Waals surface area contributed by atoms with Crippen LogP contribution in [0.1, 0.15) is 17.3 Å². The van der Waals surface area contributed by atoms with Gasteiger partial charge in [-0.15, -0.1) is 0 Å². The van der Waals surface area contributed by atoms with E-state index >= 15 is 0 Å². The number of aromatic amines is 1. The zero-order chi connectivity index (χ0) is 8.27. The summed E-state index contributed by atoms with van der Waals surface area (Å²) in [5.41, 5.74) is 0.284. The van der Waals surface area contributed by atoms with Gasteiger partial charge in [0.15, 0.2) is 0 Å². The molecule has 3 N–H and O–H groups in total. The van der Waals surface area contributed by atoms with E-state index in [1.54, 1.807) is 6.20 Å². The van der Waals surface area contributed by atoms with Crippen molar-refractivity contribution in [2.24, 2.45) is 0 Å². The number of hydrogen-bond acceptors (Lipinski definition) is 2. The summed E-state index contributed by atoms with van der Waals surface area (Å²) in [6, 6.07) is 1.53. The largest absolute Gasteiger partial charge is 0.478 e. The molecule has 0 atom stereocenters. The molecule has 0 radical (unpaired) electrons. The molecule has 4 heteroatoms. The zero-order valence-corrected chi connectivity index (χ0v) is 6.22. The molecule has 0 aliphatic rings. The van der Waals surface area contributed by atoms with Crippen molar-refractivity contribution in [2.45, 2.75) is 6.92 Å². The highest BCUT2D eigenvalue weighted by molar-refractivity contribution is 5.93. The van der Waals surface area contributed by atoms with Crippen LogP contribution in [0.4, 0.5) is 5.82 Å². The van der Waals surface area contributed by atoms with Crippen molar-refractivity contribution in [3.05, 3.63) is 17.8 Å². The summed E-state index contributed by atoms with van der Waals surface area (Å²) in [6.07, 6.45) is 1.60. The van der Waals surface area contributed by atoms with Crippen molar-refractivity contribution < 1.29 is 9.90 Å². The molecule has 0 bridgehead atoms. The lowest BCUT2D eigenvalue weighted by Crippen LogP contribution is -2.03. The van der Waals surface area contributed by atoms with Crippen molar-refractivity contribution in [1.29, 1.82) is 0 Å². The van der Waals surface area contributed by atoms with Gasteiger partial charge in [0.25, 0.3) is 0 Å². The highest BCUT2D eigenvalue weighted by atomic mass is 16.4. The lowest BCUT2D eigenvalue weighted by molar-refractivity contribution is 0.0698. The molecule has 1 heterocycles. The van der Waals surface area contributed by atoms with E-state index in [1.807, 2.05) is 6.92 Å². The summed E-state index contributed by atoms with van der Waals surface area (Å²) in [5.74, 6) is -0.345. The van der Waals surface area contributed by atoms with Gasteiger partial charge in [0, 0.05) is 12.7 Å². The van der Waals surface area contributed by atoms with Crippen LogP contribution >= 0.6 is 0 Å². The van der Waals surface area contributed by atoms with Gasteiger partial charge in [-0.05, 0) is 13.0 Å². The topological polar surface area (TPSA) is 65.1 Å². The van der Waals surface area contributed by atoms with Crippen LogP contribution in [0.3, 0.4) is 0 Å². The first-order chi connectivity index (χ1) is 5.25. The van der Waals surface area contributed by atoms with Crippen LogP contribution in [-0.2, 0) is 0 Å². The lowest BCUT2D eigenvalue weighted by Gasteiger charge is -1.99. The van der Waals surface area contributed by atoms with E-state index in [2.05, 4.69) is 10.3 Å². The normalized spacial score (nSPS) is 9.55. The second kappa shape index (κ2) is 3.09. The van der Waals surface area contributed by atoms with Crippen LogP contribution in [-0.4, -0.2) is 22.6 Å². The maximum Gasteiger partial charge on any atom is 0.339 e. The number of aromatic carboxylic acids is 1. The van der Waals surface area contributed by atoms with Gasteiger partial charge < -0.3 is 15.4 Å². The number of rotatable bonds is 3. The van der Waals surface area contributed by atoms with E-state index in [1.165, 1.54) is 6.07 Å². The van der Waals surface area contributed by atoms with Crippen LogP contribution in [0.25, 0.3) is 0 Å². The number of anilines is 1. The highest BCUT2D eigenvalue weighted by Gasteiger charge is 2.08. The predicted octanol–water partition coefficient (Wildman–Crippen LogP) is 1.14. The summed E-state index contributed by atoms with van der Waals surface area (Å²) in [5, 5.41) is 11.5. The second-order valence-corrected chi connectivity index (χ2v) is 2.10. The van der Waals surface area contributed by atoms with Gasteiger partial charge in [-0.1, -0.05) is 0 Å². The number of aromatic nitrogens is 1. The SMILES string of the molecule is CCNc1[nH]ccc1C(=O)O. The average molecular weight is 154 g/mol. The summed E-state index contributed by atoms with van der Waals surface area (Å²) in [7, 11) is 0. The van der Waals surface area contributed by atoms with E-state index in [0.29, 0.717) is 12.4 Å². The first-order valence-corrected chi connectivity index (χ1v) is 3.40. The molecule has 0 spiro atoms. The first-order valence-electron chi connectivity index (χ1n) is 3.40. The van der Waals surface area contributed by atoms with Gasteiger partial charge in [0.2, 0.25) is 0 Å². The molecular formula is C7H10N2O2. The molecule has 0 amide bonds. The predicted molar refractivity (Wildman–Crippen MR) is 41.9 cm³/mol. The van der Waals surface area contributed by atoms with Gasteiger partial charge in [-0.2, -0.15) is 0 Å². The minimum absolute atomic E-state index is 0.284. The van der Waals surface area contributed by atoms with Crippen molar-refractivity contribution in [1.82, 2.24) is 4.98 Å². The molecule has 4 nitrogen and oxygen atoms in total. The van der Waals surface area contributed by atoms with E-state index in [4.69, 9.17) is 5.11 Å². The molecule has 0 saturated heterocycles. The van der Waals surface area contributed by atoms with Crippen LogP contribution in [0.15, 0.2) is 12.3 Å².